The number of morpholine rings is 1. The summed E-state index contributed by atoms with van der Waals surface area (Å²) in [5, 5.41) is 3.94. The van der Waals surface area contributed by atoms with Gasteiger partial charge in [-0.05, 0) is 11.6 Å². The van der Waals surface area contributed by atoms with E-state index in [9.17, 15) is 0 Å². The Morgan fingerprint density at radius 1 is 1.35 bits per heavy atom. The van der Waals surface area contributed by atoms with Crippen molar-refractivity contribution in [2.24, 2.45) is 0 Å². The fourth-order valence-electron chi connectivity index (χ4n) is 1.94. The van der Waals surface area contributed by atoms with E-state index in [1.165, 1.54) is 0 Å². The van der Waals surface area contributed by atoms with Crippen LogP contribution in [0.3, 0.4) is 0 Å². The highest BCUT2D eigenvalue weighted by atomic mass is 35.5. The van der Waals surface area contributed by atoms with Gasteiger partial charge in [0.05, 0.1) is 38.5 Å². The number of ether oxygens (including phenoxy) is 3. The standard InChI is InChI=1S/C12H16ClNO3/c1-15-10-4-3-8(11(13)12(10)16-2)9-7-17-6-5-14-9/h3-4,9,14H,5-7H2,1-2H3/t9-/m1/s1. The maximum Gasteiger partial charge on any atom is 0.179 e. The second kappa shape index (κ2) is 5.58. The molecule has 1 aromatic rings. The molecule has 0 spiro atoms. The van der Waals surface area contributed by atoms with Gasteiger partial charge < -0.3 is 19.5 Å². The number of halogens is 1. The van der Waals surface area contributed by atoms with E-state index in [1.54, 1.807) is 14.2 Å². The summed E-state index contributed by atoms with van der Waals surface area (Å²) in [6, 6.07) is 3.91. The van der Waals surface area contributed by atoms with E-state index in [-0.39, 0.29) is 6.04 Å². The molecule has 5 heteroatoms. The molecule has 0 amide bonds. The average Bonchev–Trinajstić information content (AvgIpc) is 2.39. The SMILES string of the molecule is COc1ccc([C@H]2COCCN2)c(Cl)c1OC. The first-order valence-electron chi connectivity index (χ1n) is 5.49. The van der Waals surface area contributed by atoms with Crippen LogP contribution in [0.1, 0.15) is 11.6 Å². The van der Waals surface area contributed by atoms with E-state index in [0.717, 1.165) is 18.7 Å². The smallest absolute Gasteiger partial charge is 0.179 e. The highest BCUT2D eigenvalue weighted by Crippen LogP contribution is 2.39. The lowest BCUT2D eigenvalue weighted by molar-refractivity contribution is 0.0768. The van der Waals surface area contributed by atoms with E-state index >= 15 is 0 Å². The molecule has 0 unspecified atom stereocenters. The van der Waals surface area contributed by atoms with Gasteiger partial charge in [-0.15, -0.1) is 0 Å². The highest BCUT2D eigenvalue weighted by Gasteiger charge is 2.21. The molecule has 4 nitrogen and oxygen atoms in total. The topological polar surface area (TPSA) is 39.7 Å². The Bertz CT molecular complexity index is 392. The fraction of sp³-hybridized carbons (Fsp3) is 0.500. The predicted molar refractivity (Wildman–Crippen MR) is 66.1 cm³/mol. The van der Waals surface area contributed by atoms with E-state index in [1.807, 2.05) is 12.1 Å². The van der Waals surface area contributed by atoms with Crippen LogP contribution < -0.4 is 14.8 Å². The van der Waals surface area contributed by atoms with E-state index < -0.39 is 0 Å². The zero-order valence-corrected chi connectivity index (χ0v) is 10.7. The third-order valence-electron chi connectivity index (χ3n) is 2.81. The number of nitrogens with one attached hydrogen (secondary N) is 1. The molecule has 0 radical (unpaired) electrons. The minimum Gasteiger partial charge on any atom is -0.493 e. The maximum atomic E-state index is 6.33. The van der Waals surface area contributed by atoms with Crippen molar-refractivity contribution in [2.45, 2.75) is 6.04 Å². The predicted octanol–water partition coefficient (Wildman–Crippen LogP) is 2.02. The van der Waals surface area contributed by atoms with Crippen molar-refractivity contribution in [3.63, 3.8) is 0 Å². The van der Waals surface area contributed by atoms with Crippen LogP contribution in [0.25, 0.3) is 0 Å². The molecule has 1 aromatic carbocycles. The molecule has 1 heterocycles. The van der Waals surface area contributed by atoms with E-state index in [4.69, 9.17) is 25.8 Å². The zero-order valence-electron chi connectivity index (χ0n) is 9.96. The van der Waals surface area contributed by atoms with Gasteiger partial charge in [0.2, 0.25) is 0 Å². The first kappa shape index (κ1) is 12.5. The summed E-state index contributed by atoms with van der Waals surface area (Å²) in [7, 11) is 3.17. The first-order valence-corrected chi connectivity index (χ1v) is 5.87. The minimum absolute atomic E-state index is 0.107. The molecule has 0 saturated carbocycles. The van der Waals surface area contributed by atoms with Crippen LogP contribution in [0, 0.1) is 0 Å². The van der Waals surface area contributed by atoms with E-state index in [2.05, 4.69) is 5.32 Å². The lowest BCUT2D eigenvalue weighted by Crippen LogP contribution is -2.34. The molecule has 94 valence electrons. The Morgan fingerprint density at radius 3 is 2.76 bits per heavy atom. The van der Waals surface area contributed by atoms with Crippen LogP contribution in [0.15, 0.2) is 12.1 Å². The van der Waals surface area contributed by atoms with Gasteiger partial charge in [0.25, 0.3) is 0 Å². The van der Waals surface area contributed by atoms with Crippen LogP contribution in [0.2, 0.25) is 5.02 Å². The second-order valence-electron chi connectivity index (χ2n) is 3.79. The van der Waals surface area contributed by atoms with Crippen LogP contribution in [0.4, 0.5) is 0 Å². The Kier molecular flexibility index (Phi) is 4.10. The lowest BCUT2D eigenvalue weighted by Gasteiger charge is -2.25. The molecule has 1 atom stereocenters. The molecule has 0 bridgehead atoms. The van der Waals surface area contributed by atoms with Crippen molar-refractivity contribution in [3.8, 4) is 11.5 Å². The van der Waals surface area contributed by atoms with Crippen LogP contribution >= 0.6 is 11.6 Å². The molecule has 0 aliphatic carbocycles. The quantitative estimate of drug-likeness (QED) is 0.899. The molecule has 1 saturated heterocycles. The third kappa shape index (κ3) is 2.49. The number of methoxy groups -OCH3 is 2. The third-order valence-corrected chi connectivity index (χ3v) is 3.20. The largest absolute Gasteiger partial charge is 0.493 e. The Morgan fingerprint density at radius 2 is 2.18 bits per heavy atom. The van der Waals surface area contributed by atoms with Crippen molar-refractivity contribution in [2.75, 3.05) is 34.0 Å². The molecular formula is C12H16ClNO3. The highest BCUT2D eigenvalue weighted by molar-refractivity contribution is 6.33. The Balaban J connectivity index is 2.34. The van der Waals surface area contributed by atoms with Crippen LogP contribution in [-0.4, -0.2) is 34.0 Å². The molecular weight excluding hydrogens is 242 g/mol. The summed E-state index contributed by atoms with van der Waals surface area (Å²) in [5.74, 6) is 1.21. The van der Waals surface area contributed by atoms with Gasteiger partial charge in [0.15, 0.2) is 11.5 Å². The summed E-state index contributed by atoms with van der Waals surface area (Å²) in [6.07, 6.45) is 0. The Labute approximate surface area is 106 Å². The zero-order chi connectivity index (χ0) is 12.3. The fourth-order valence-corrected chi connectivity index (χ4v) is 2.30. The minimum atomic E-state index is 0.107. The molecule has 17 heavy (non-hydrogen) atoms. The first-order chi connectivity index (χ1) is 8.27. The normalized spacial score (nSPS) is 20.1. The van der Waals surface area contributed by atoms with Crippen LogP contribution in [-0.2, 0) is 4.74 Å². The van der Waals surface area contributed by atoms with Crippen molar-refractivity contribution < 1.29 is 14.2 Å². The summed E-state index contributed by atoms with van der Waals surface area (Å²) in [5.41, 5.74) is 0.976. The van der Waals surface area contributed by atoms with E-state index in [0.29, 0.717) is 23.1 Å². The number of benzene rings is 1. The van der Waals surface area contributed by atoms with Crippen molar-refractivity contribution in [3.05, 3.63) is 22.7 Å². The molecule has 1 aliphatic rings. The molecule has 0 aromatic heterocycles. The van der Waals surface area contributed by atoms with Gasteiger partial charge in [0.1, 0.15) is 0 Å². The second-order valence-corrected chi connectivity index (χ2v) is 4.16. The van der Waals surface area contributed by atoms with Gasteiger partial charge >= 0.3 is 0 Å². The monoisotopic (exact) mass is 257 g/mol. The molecule has 1 fully saturated rings. The van der Waals surface area contributed by atoms with Gasteiger partial charge in [-0.2, -0.15) is 0 Å². The summed E-state index contributed by atoms with van der Waals surface area (Å²) in [4.78, 5) is 0. The lowest BCUT2D eigenvalue weighted by atomic mass is 10.1. The number of hydrogen-bond acceptors (Lipinski definition) is 4. The summed E-state index contributed by atoms with van der Waals surface area (Å²) in [6.45, 7) is 2.19. The van der Waals surface area contributed by atoms with Crippen LogP contribution in [0.5, 0.6) is 11.5 Å². The summed E-state index contributed by atoms with van der Waals surface area (Å²) < 4.78 is 15.9. The number of rotatable bonds is 3. The van der Waals surface area contributed by atoms with Crippen molar-refractivity contribution in [1.82, 2.24) is 5.32 Å². The van der Waals surface area contributed by atoms with Crippen molar-refractivity contribution >= 4 is 11.6 Å². The average molecular weight is 258 g/mol. The van der Waals surface area contributed by atoms with Gasteiger partial charge in [-0.1, -0.05) is 17.7 Å². The molecule has 2 rings (SSSR count). The molecule has 1 aliphatic heterocycles. The summed E-state index contributed by atoms with van der Waals surface area (Å²) >= 11 is 6.33. The van der Waals surface area contributed by atoms with Gasteiger partial charge in [-0.25, -0.2) is 0 Å². The van der Waals surface area contributed by atoms with Gasteiger partial charge in [-0.3, -0.25) is 0 Å². The van der Waals surface area contributed by atoms with Crippen molar-refractivity contribution in [1.29, 1.82) is 0 Å². The Hall–Kier alpha value is -0.970. The van der Waals surface area contributed by atoms with Gasteiger partial charge in [0, 0.05) is 6.54 Å². The number of hydrogen-bond donors (Lipinski definition) is 1. The molecule has 1 N–H and O–H groups in total. The maximum absolute atomic E-state index is 6.33.